The van der Waals surface area contributed by atoms with E-state index < -0.39 is 11.1 Å². The minimum Gasteiger partial charge on any atom is -0.258 e. The van der Waals surface area contributed by atoms with Gasteiger partial charge in [0.05, 0.1) is 4.92 Å². The Morgan fingerprint density at radius 1 is 1.83 bits per heavy atom. The molecule has 0 bridgehead atoms. The van der Waals surface area contributed by atoms with Gasteiger partial charge < -0.3 is 0 Å². The second-order valence-electron chi connectivity index (χ2n) is 2.62. The van der Waals surface area contributed by atoms with Gasteiger partial charge >= 0.3 is 0 Å². The Bertz CT molecular complexity index is 285. The molecule has 66 valence electrons. The maximum absolute atomic E-state index is 12.9. The summed E-state index contributed by atoms with van der Waals surface area (Å²) in [5, 5.41) is 10.4. The molecule has 1 aliphatic rings. The number of nitrogens with zero attached hydrogens (tertiary/aromatic N) is 1. The average molecular weight is 283 g/mol. The van der Waals surface area contributed by atoms with E-state index in [0.29, 0.717) is 9.15 Å². The van der Waals surface area contributed by atoms with Crippen molar-refractivity contribution in [2.45, 2.75) is 19.5 Å². The van der Waals surface area contributed by atoms with Crippen LogP contribution in [0.5, 0.6) is 0 Å². The summed E-state index contributed by atoms with van der Waals surface area (Å²) >= 11 is 1.79. The first-order valence-electron chi connectivity index (χ1n) is 3.37. The van der Waals surface area contributed by atoms with Crippen molar-refractivity contribution in [3.8, 4) is 0 Å². The van der Waals surface area contributed by atoms with Gasteiger partial charge in [0.15, 0.2) is 0 Å². The molecule has 0 fully saturated rings. The highest BCUT2D eigenvalue weighted by molar-refractivity contribution is 14.1. The van der Waals surface area contributed by atoms with Gasteiger partial charge in [0.1, 0.15) is 6.17 Å². The van der Waals surface area contributed by atoms with Crippen LogP contribution in [-0.4, -0.2) is 11.1 Å². The molecule has 0 aromatic rings. The molecular formula is C7H7FINO2. The molecule has 0 aromatic carbocycles. The largest absolute Gasteiger partial charge is 0.269 e. The third kappa shape index (κ3) is 1.82. The Labute approximate surface area is 82.6 Å². The average Bonchev–Trinajstić information content (AvgIpc) is 1.96. The van der Waals surface area contributed by atoms with Crippen LogP contribution < -0.4 is 0 Å². The third-order valence-electron chi connectivity index (χ3n) is 1.69. The molecule has 1 atom stereocenters. The van der Waals surface area contributed by atoms with E-state index >= 15 is 0 Å². The van der Waals surface area contributed by atoms with E-state index in [0.717, 1.165) is 0 Å². The zero-order chi connectivity index (χ0) is 9.30. The summed E-state index contributed by atoms with van der Waals surface area (Å²) in [6.07, 6.45) is 0.379. The summed E-state index contributed by atoms with van der Waals surface area (Å²) in [5.41, 5.74) is 0.543. The maximum Gasteiger partial charge on any atom is 0.269 e. The Hall–Kier alpha value is -0.460. The minimum atomic E-state index is -1.06. The molecule has 12 heavy (non-hydrogen) atoms. The van der Waals surface area contributed by atoms with Gasteiger partial charge in [0, 0.05) is 21.6 Å². The van der Waals surface area contributed by atoms with E-state index in [-0.39, 0.29) is 12.1 Å². The highest BCUT2D eigenvalue weighted by Crippen LogP contribution is 2.30. The Morgan fingerprint density at radius 2 is 2.42 bits per heavy atom. The topological polar surface area (TPSA) is 43.1 Å². The zero-order valence-corrected chi connectivity index (χ0v) is 8.54. The van der Waals surface area contributed by atoms with Crippen LogP contribution in [0.2, 0.25) is 0 Å². The predicted octanol–water partition coefficient (Wildman–Crippen LogP) is 2.60. The quantitative estimate of drug-likeness (QED) is 0.422. The van der Waals surface area contributed by atoms with Crippen molar-refractivity contribution in [2.75, 3.05) is 0 Å². The van der Waals surface area contributed by atoms with Crippen LogP contribution in [0.25, 0.3) is 0 Å². The molecule has 0 amide bonds. The lowest BCUT2D eigenvalue weighted by Crippen LogP contribution is -2.11. The fourth-order valence-corrected chi connectivity index (χ4v) is 1.54. The van der Waals surface area contributed by atoms with Crippen LogP contribution in [-0.2, 0) is 0 Å². The number of allylic oxidation sites excluding steroid dienone is 3. The van der Waals surface area contributed by atoms with E-state index in [2.05, 4.69) is 0 Å². The molecule has 0 aliphatic heterocycles. The van der Waals surface area contributed by atoms with E-state index in [4.69, 9.17) is 0 Å². The SMILES string of the molecule is CC1=C([N+](=O)[O-])C=C(I)C(F)C1. The first-order valence-corrected chi connectivity index (χ1v) is 4.45. The standard InChI is InChI=1S/C7H7FINO2/c1-4-2-5(8)6(9)3-7(4)10(11)12/h3,5H,2H2,1H3. The zero-order valence-electron chi connectivity index (χ0n) is 6.38. The van der Waals surface area contributed by atoms with E-state index in [9.17, 15) is 14.5 Å². The monoisotopic (exact) mass is 283 g/mol. The van der Waals surface area contributed by atoms with Gasteiger partial charge in [0.25, 0.3) is 5.70 Å². The van der Waals surface area contributed by atoms with Crippen molar-refractivity contribution in [3.05, 3.63) is 31.0 Å². The fourth-order valence-electron chi connectivity index (χ4n) is 1.02. The molecule has 0 N–H and O–H groups in total. The summed E-state index contributed by atoms with van der Waals surface area (Å²) in [4.78, 5) is 9.92. The van der Waals surface area contributed by atoms with Crippen LogP contribution in [0.1, 0.15) is 13.3 Å². The highest BCUT2D eigenvalue weighted by Gasteiger charge is 2.24. The molecule has 1 unspecified atom stereocenters. The molecule has 0 heterocycles. The second-order valence-corrected chi connectivity index (χ2v) is 3.87. The molecule has 1 aliphatic carbocycles. The highest BCUT2D eigenvalue weighted by atomic mass is 127. The van der Waals surface area contributed by atoms with Crippen LogP contribution in [0, 0.1) is 10.1 Å². The molecule has 3 nitrogen and oxygen atoms in total. The van der Waals surface area contributed by atoms with Crippen LogP contribution in [0.3, 0.4) is 0 Å². The summed E-state index contributed by atoms with van der Waals surface area (Å²) in [5.74, 6) is 0. The van der Waals surface area contributed by atoms with Crippen molar-refractivity contribution >= 4 is 22.6 Å². The molecule has 0 radical (unpaired) electrons. The predicted molar refractivity (Wildman–Crippen MR) is 51.3 cm³/mol. The summed E-state index contributed by atoms with van der Waals surface area (Å²) in [7, 11) is 0. The first kappa shape index (κ1) is 9.63. The lowest BCUT2D eigenvalue weighted by atomic mass is 10.0. The number of rotatable bonds is 1. The summed E-state index contributed by atoms with van der Waals surface area (Å²) in [6, 6.07) is 0. The second kappa shape index (κ2) is 3.51. The molecule has 1 rings (SSSR count). The van der Waals surface area contributed by atoms with Crippen molar-refractivity contribution in [3.63, 3.8) is 0 Å². The number of halogens is 2. The smallest absolute Gasteiger partial charge is 0.258 e. The normalized spacial score (nSPS) is 23.9. The maximum atomic E-state index is 12.9. The van der Waals surface area contributed by atoms with E-state index in [1.165, 1.54) is 6.08 Å². The van der Waals surface area contributed by atoms with Crippen molar-refractivity contribution in [2.24, 2.45) is 0 Å². The number of hydrogen-bond acceptors (Lipinski definition) is 2. The Balaban J connectivity index is 3.02. The lowest BCUT2D eigenvalue weighted by molar-refractivity contribution is -0.420. The lowest BCUT2D eigenvalue weighted by Gasteiger charge is -2.12. The van der Waals surface area contributed by atoms with Crippen LogP contribution >= 0.6 is 22.6 Å². The summed E-state index contributed by atoms with van der Waals surface area (Å²) < 4.78 is 13.3. The number of nitro groups is 1. The molecule has 0 aromatic heterocycles. The van der Waals surface area contributed by atoms with Gasteiger partial charge in [-0.05, 0) is 29.5 Å². The molecule has 0 saturated heterocycles. The van der Waals surface area contributed by atoms with Gasteiger partial charge in [-0.15, -0.1) is 0 Å². The van der Waals surface area contributed by atoms with Crippen molar-refractivity contribution in [1.29, 1.82) is 0 Å². The van der Waals surface area contributed by atoms with Gasteiger partial charge in [-0.2, -0.15) is 0 Å². The number of alkyl halides is 1. The Kier molecular flexibility index (Phi) is 2.81. The first-order chi connectivity index (χ1) is 5.52. The van der Waals surface area contributed by atoms with E-state index in [1.807, 2.05) is 0 Å². The molecule has 5 heteroatoms. The molecule has 0 saturated carbocycles. The van der Waals surface area contributed by atoms with Gasteiger partial charge in [-0.25, -0.2) is 4.39 Å². The van der Waals surface area contributed by atoms with Crippen molar-refractivity contribution in [1.82, 2.24) is 0 Å². The fraction of sp³-hybridized carbons (Fsp3) is 0.429. The molecular weight excluding hydrogens is 276 g/mol. The molecule has 0 spiro atoms. The number of hydrogen-bond donors (Lipinski definition) is 0. The van der Waals surface area contributed by atoms with Gasteiger partial charge in [-0.1, -0.05) is 0 Å². The van der Waals surface area contributed by atoms with Gasteiger partial charge in [0.2, 0.25) is 0 Å². The van der Waals surface area contributed by atoms with Gasteiger partial charge in [-0.3, -0.25) is 10.1 Å². The van der Waals surface area contributed by atoms with Crippen LogP contribution in [0.15, 0.2) is 20.9 Å². The third-order valence-corrected chi connectivity index (χ3v) is 2.68. The minimum absolute atomic E-state index is 0.0355. The summed E-state index contributed by atoms with van der Waals surface area (Å²) in [6.45, 7) is 1.59. The Morgan fingerprint density at radius 3 is 2.92 bits per heavy atom. The van der Waals surface area contributed by atoms with E-state index in [1.54, 1.807) is 29.5 Å². The van der Waals surface area contributed by atoms with Crippen molar-refractivity contribution < 1.29 is 9.31 Å². The van der Waals surface area contributed by atoms with Crippen LogP contribution in [0.4, 0.5) is 4.39 Å².